The van der Waals surface area contributed by atoms with Crippen LogP contribution in [0.1, 0.15) is 24.2 Å². The Morgan fingerprint density at radius 1 is 1.53 bits per heavy atom. The number of halogens is 1. The standard InChI is InChI=1S/C12H14ClNO3/c1-8(2)14-11(16)7-17-12-9(6-15)4-3-5-10(12)13/h3-6,8H,7H2,1-2H3,(H,14,16). The van der Waals surface area contributed by atoms with E-state index in [0.717, 1.165) is 0 Å². The van der Waals surface area contributed by atoms with Crippen LogP contribution in [-0.4, -0.2) is 24.8 Å². The minimum atomic E-state index is -0.253. The molecule has 0 saturated carbocycles. The maximum Gasteiger partial charge on any atom is 0.258 e. The van der Waals surface area contributed by atoms with Crippen molar-refractivity contribution in [2.24, 2.45) is 0 Å². The Bertz CT molecular complexity index is 418. The minimum absolute atomic E-state index is 0.0443. The lowest BCUT2D eigenvalue weighted by Gasteiger charge is -2.11. The molecule has 1 rings (SSSR count). The molecule has 17 heavy (non-hydrogen) atoms. The second-order valence-electron chi connectivity index (χ2n) is 3.79. The van der Waals surface area contributed by atoms with E-state index in [1.54, 1.807) is 18.2 Å². The third-order valence-corrected chi connectivity index (χ3v) is 2.22. The third-order valence-electron chi connectivity index (χ3n) is 1.92. The van der Waals surface area contributed by atoms with Crippen LogP contribution in [-0.2, 0) is 4.79 Å². The SMILES string of the molecule is CC(C)NC(=O)COc1c(Cl)cccc1C=O. The molecule has 1 aromatic carbocycles. The summed E-state index contributed by atoms with van der Waals surface area (Å²) in [7, 11) is 0. The van der Waals surface area contributed by atoms with Gasteiger partial charge in [-0.1, -0.05) is 17.7 Å². The van der Waals surface area contributed by atoms with Gasteiger partial charge in [-0.2, -0.15) is 0 Å². The van der Waals surface area contributed by atoms with Gasteiger partial charge < -0.3 is 10.1 Å². The van der Waals surface area contributed by atoms with Crippen LogP contribution >= 0.6 is 11.6 Å². The Morgan fingerprint density at radius 2 is 2.24 bits per heavy atom. The number of hydrogen-bond donors (Lipinski definition) is 1. The fourth-order valence-corrected chi connectivity index (χ4v) is 1.51. The molecule has 1 aromatic rings. The summed E-state index contributed by atoms with van der Waals surface area (Å²) in [6.07, 6.45) is 0.640. The van der Waals surface area contributed by atoms with E-state index in [4.69, 9.17) is 16.3 Å². The van der Waals surface area contributed by atoms with Crippen molar-refractivity contribution in [3.05, 3.63) is 28.8 Å². The first kappa shape index (κ1) is 13.5. The van der Waals surface area contributed by atoms with Gasteiger partial charge in [0.15, 0.2) is 12.9 Å². The van der Waals surface area contributed by atoms with Gasteiger partial charge in [0.05, 0.1) is 10.6 Å². The molecule has 0 aliphatic heterocycles. The number of benzene rings is 1. The lowest BCUT2D eigenvalue weighted by atomic mass is 10.2. The highest BCUT2D eigenvalue weighted by molar-refractivity contribution is 6.32. The molecule has 0 aliphatic rings. The first-order chi connectivity index (χ1) is 8.04. The van der Waals surface area contributed by atoms with Gasteiger partial charge >= 0.3 is 0 Å². The van der Waals surface area contributed by atoms with Gasteiger partial charge in [0, 0.05) is 6.04 Å². The Labute approximate surface area is 105 Å². The fraction of sp³-hybridized carbons (Fsp3) is 0.333. The van der Waals surface area contributed by atoms with Crippen LogP contribution in [0.3, 0.4) is 0 Å². The number of ether oxygens (including phenoxy) is 1. The highest BCUT2D eigenvalue weighted by atomic mass is 35.5. The van der Waals surface area contributed by atoms with E-state index in [1.165, 1.54) is 0 Å². The summed E-state index contributed by atoms with van der Waals surface area (Å²) in [6, 6.07) is 4.87. The molecule has 92 valence electrons. The zero-order valence-electron chi connectivity index (χ0n) is 9.70. The number of carbonyl (C=O) groups is 2. The molecular weight excluding hydrogens is 242 g/mol. The second-order valence-corrected chi connectivity index (χ2v) is 4.19. The maximum absolute atomic E-state index is 11.4. The molecule has 0 aromatic heterocycles. The van der Waals surface area contributed by atoms with Crippen LogP contribution in [0.25, 0.3) is 0 Å². The van der Waals surface area contributed by atoms with Gasteiger partial charge in [0.1, 0.15) is 5.75 Å². The number of para-hydroxylation sites is 1. The lowest BCUT2D eigenvalue weighted by Crippen LogP contribution is -2.34. The van der Waals surface area contributed by atoms with Crippen molar-refractivity contribution in [3.63, 3.8) is 0 Å². The van der Waals surface area contributed by atoms with Crippen molar-refractivity contribution in [2.45, 2.75) is 19.9 Å². The van der Waals surface area contributed by atoms with E-state index in [2.05, 4.69) is 5.32 Å². The highest BCUT2D eigenvalue weighted by Crippen LogP contribution is 2.27. The van der Waals surface area contributed by atoms with E-state index in [-0.39, 0.29) is 24.3 Å². The summed E-state index contributed by atoms with van der Waals surface area (Å²) < 4.78 is 5.25. The largest absolute Gasteiger partial charge is 0.481 e. The van der Waals surface area contributed by atoms with E-state index < -0.39 is 0 Å². The summed E-state index contributed by atoms with van der Waals surface area (Å²) in [6.45, 7) is 3.54. The first-order valence-corrected chi connectivity index (χ1v) is 5.58. The number of aldehydes is 1. The molecule has 0 saturated heterocycles. The first-order valence-electron chi connectivity index (χ1n) is 5.20. The molecule has 1 N–H and O–H groups in total. The lowest BCUT2D eigenvalue weighted by molar-refractivity contribution is -0.123. The summed E-state index contributed by atoms with van der Waals surface area (Å²) in [5.41, 5.74) is 0.329. The smallest absolute Gasteiger partial charge is 0.258 e. The molecule has 1 amide bonds. The monoisotopic (exact) mass is 255 g/mol. The van der Waals surface area contributed by atoms with Gasteiger partial charge in [-0.05, 0) is 26.0 Å². The predicted molar refractivity (Wildman–Crippen MR) is 65.6 cm³/mol. The molecule has 0 fully saturated rings. The fourth-order valence-electron chi connectivity index (χ4n) is 1.27. The zero-order chi connectivity index (χ0) is 12.8. The van der Waals surface area contributed by atoms with Gasteiger partial charge in [-0.3, -0.25) is 9.59 Å². The van der Waals surface area contributed by atoms with Gasteiger partial charge in [0.2, 0.25) is 0 Å². The Hall–Kier alpha value is -1.55. The van der Waals surface area contributed by atoms with E-state index >= 15 is 0 Å². The van der Waals surface area contributed by atoms with Crippen molar-refractivity contribution in [3.8, 4) is 5.75 Å². The van der Waals surface area contributed by atoms with E-state index in [9.17, 15) is 9.59 Å². The number of rotatable bonds is 5. The van der Waals surface area contributed by atoms with Crippen LogP contribution < -0.4 is 10.1 Å². The van der Waals surface area contributed by atoms with Crippen LogP contribution in [0.5, 0.6) is 5.75 Å². The molecule has 0 unspecified atom stereocenters. The van der Waals surface area contributed by atoms with Crippen LogP contribution in [0.2, 0.25) is 5.02 Å². The van der Waals surface area contributed by atoms with Crippen molar-refractivity contribution in [2.75, 3.05) is 6.61 Å². The number of amides is 1. The summed E-state index contributed by atoms with van der Waals surface area (Å²) in [5.74, 6) is -0.0140. The van der Waals surface area contributed by atoms with Crippen LogP contribution in [0, 0.1) is 0 Å². The van der Waals surface area contributed by atoms with Crippen molar-refractivity contribution in [1.29, 1.82) is 0 Å². The summed E-state index contributed by atoms with van der Waals surface area (Å²) in [4.78, 5) is 22.1. The average molecular weight is 256 g/mol. The van der Waals surface area contributed by atoms with Gasteiger partial charge in [-0.15, -0.1) is 0 Å². The van der Waals surface area contributed by atoms with E-state index in [1.807, 2.05) is 13.8 Å². The summed E-state index contributed by atoms with van der Waals surface area (Å²) >= 11 is 5.88. The van der Waals surface area contributed by atoms with Crippen LogP contribution in [0.15, 0.2) is 18.2 Å². The normalized spacial score (nSPS) is 10.1. The number of nitrogens with one attached hydrogen (secondary N) is 1. The van der Waals surface area contributed by atoms with Crippen molar-refractivity contribution < 1.29 is 14.3 Å². The Balaban J connectivity index is 2.69. The zero-order valence-corrected chi connectivity index (χ0v) is 10.5. The third kappa shape index (κ3) is 4.07. The summed E-state index contributed by atoms with van der Waals surface area (Å²) in [5, 5.41) is 2.99. The second kappa shape index (κ2) is 6.25. The molecule has 0 heterocycles. The minimum Gasteiger partial charge on any atom is -0.481 e. The molecule has 0 aliphatic carbocycles. The molecule has 0 radical (unpaired) electrons. The number of carbonyl (C=O) groups excluding carboxylic acids is 2. The maximum atomic E-state index is 11.4. The molecule has 0 bridgehead atoms. The predicted octanol–water partition coefficient (Wildman–Crippen LogP) is 2.06. The van der Waals surface area contributed by atoms with Gasteiger partial charge in [-0.25, -0.2) is 0 Å². The van der Waals surface area contributed by atoms with Crippen molar-refractivity contribution in [1.82, 2.24) is 5.32 Å². The average Bonchev–Trinajstić information content (AvgIpc) is 2.26. The highest BCUT2D eigenvalue weighted by Gasteiger charge is 2.10. The molecule has 0 spiro atoms. The molecule has 5 heteroatoms. The van der Waals surface area contributed by atoms with Crippen molar-refractivity contribution >= 4 is 23.8 Å². The topological polar surface area (TPSA) is 55.4 Å². The quantitative estimate of drug-likeness (QED) is 0.820. The van der Waals surface area contributed by atoms with Gasteiger partial charge in [0.25, 0.3) is 5.91 Å². The molecule has 0 atom stereocenters. The molecular formula is C12H14ClNO3. The Morgan fingerprint density at radius 3 is 2.82 bits per heavy atom. The van der Waals surface area contributed by atoms with E-state index in [0.29, 0.717) is 16.9 Å². The van der Waals surface area contributed by atoms with Crippen LogP contribution in [0.4, 0.5) is 0 Å². The Kier molecular flexibility index (Phi) is 4.97. The number of hydrogen-bond acceptors (Lipinski definition) is 3. The molecule has 4 nitrogen and oxygen atoms in total.